The molecule has 1 atom stereocenters. The molecule has 0 amide bonds. The van der Waals surface area contributed by atoms with Crippen LogP contribution in [0.1, 0.15) is 36.1 Å². The van der Waals surface area contributed by atoms with Gasteiger partial charge in [0.15, 0.2) is 0 Å². The molecule has 1 heterocycles. The molecule has 0 spiro atoms. The summed E-state index contributed by atoms with van der Waals surface area (Å²) >= 11 is 0. The predicted molar refractivity (Wildman–Crippen MR) is 104 cm³/mol. The van der Waals surface area contributed by atoms with Gasteiger partial charge in [0.2, 0.25) is 0 Å². The van der Waals surface area contributed by atoms with Crippen LogP contribution in [0.15, 0.2) is 71.8 Å². The van der Waals surface area contributed by atoms with Crippen LogP contribution in [0, 0.1) is 11.3 Å². The molecule has 0 aliphatic carbocycles. The van der Waals surface area contributed by atoms with Gasteiger partial charge in [-0.25, -0.2) is 9.59 Å². The summed E-state index contributed by atoms with van der Waals surface area (Å²) in [6.07, 6.45) is 3.04. The maximum absolute atomic E-state index is 12.4. The summed E-state index contributed by atoms with van der Waals surface area (Å²) in [7, 11) is 0. The summed E-state index contributed by atoms with van der Waals surface area (Å²) in [4.78, 5) is 24.8. The van der Waals surface area contributed by atoms with Crippen molar-refractivity contribution in [1.29, 1.82) is 5.26 Å². The highest BCUT2D eigenvalue weighted by molar-refractivity contribution is 6.00. The van der Waals surface area contributed by atoms with Gasteiger partial charge in [-0.2, -0.15) is 5.26 Å². The zero-order valence-corrected chi connectivity index (χ0v) is 15.4. The number of nitriles is 1. The highest BCUT2D eigenvalue weighted by atomic mass is 16.6. The van der Waals surface area contributed by atoms with Gasteiger partial charge >= 0.3 is 11.9 Å². The van der Waals surface area contributed by atoms with E-state index in [1.165, 1.54) is 6.08 Å². The Morgan fingerprint density at radius 2 is 1.93 bits per heavy atom. The van der Waals surface area contributed by atoms with Crippen LogP contribution in [0.4, 0.5) is 0 Å². The fraction of sp³-hybridized carbons (Fsp3) is 0.174. The molecule has 0 N–H and O–H groups in total. The van der Waals surface area contributed by atoms with Crippen LogP contribution in [-0.4, -0.2) is 18.5 Å². The second kappa shape index (κ2) is 8.83. The standard InChI is InChI=1S/C23H19NO4/c1-2-27-22(25)19(12-17-10-6-7-11-18(17)15-24)13-20-14-21(28-23(20)26)16-8-4-3-5-9-16/h3-13,21H,2,14H2,1H3/b19-12+,20-13-. The molecule has 2 aromatic carbocycles. The van der Waals surface area contributed by atoms with E-state index in [4.69, 9.17) is 9.47 Å². The lowest BCUT2D eigenvalue weighted by molar-refractivity contribution is -0.139. The van der Waals surface area contributed by atoms with Crippen molar-refractivity contribution in [3.8, 4) is 6.07 Å². The van der Waals surface area contributed by atoms with E-state index in [0.717, 1.165) is 5.56 Å². The third-order valence-electron chi connectivity index (χ3n) is 4.32. The van der Waals surface area contributed by atoms with Gasteiger partial charge in [-0.3, -0.25) is 0 Å². The number of ether oxygens (including phenoxy) is 2. The highest BCUT2D eigenvalue weighted by Crippen LogP contribution is 2.33. The Bertz CT molecular complexity index is 983. The van der Waals surface area contributed by atoms with Crippen LogP contribution in [0.5, 0.6) is 0 Å². The predicted octanol–water partition coefficient (Wildman–Crippen LogP) is 4.12. The minimum absolute atomic E-state index is 0.199. The summed E-state index contributed by atoms with van der Waals surface area (Å²) in [5, 5.41) is 9.28. The lowest BCUT2D eigenvalue weighted by atomic mass is 10.0. The zero-order valence-electron chi connectivity index (χ0n) is 15.4. The number of nitrogens with zero attached hydrogens (tertiary/aromatic N) is 1. The van der Waals surface area contributed by atoms with Crippen LogP contribution in [0.25, 0.3) is 6.08 Å². The molecular weight excluding hydrogens is 354 g/mol. The van der Waals surface area contributed by atoms with Gasteiger partial charge in [0, 0.05) is 12.0 Å². The fourth-order valence-electron chi connectivity index (χ4n) is 2.95. The van der Waals surface area contributed by atoms with E-state index in [2.05, 4.69) is 6.07 Å². The SMILES string of the molecule is CCOC(=O)C(/C=C1/CC(c2ccccc2)OC1=O)=C/c1ccccc1C#N. The molecule has 1 aliphatic rings. The maximum Gasteiger partial charge on any atom is 0.338 e. The summed E-state index contributed by atoms with van der Waals surface area (Å²) in [6, 6.07) is 18.5. The van der Waals surface area contributed by atoms with Gasteiger partial charge in [-0.1, -0.05) is 48.5 Å². The van der Waals surface area contributed by atoms with Crippen LogP contribution in [0.2, 0.25) is 0 Å². The minimum atomic E-state index is -0.557. The van der Waals surface area contributed by atoms with E-state index < -0.39 is 11.9 Å². The van der Waals surface area contributed by atoms with Crippen molar-refractivity contribution >= 4 is 18.0 Å². The highest BCUT2D eigenvalue weighted by Gasteiger charge is 2.30. The Labute approximate surface area is 163 Å². The fourth-order valence-corrected chi connectivity index (χ4v) is 2.95. The number of carbonyl (C=O) groups excluding carboxylic acids is 2. The average Bonchev–Trinajstić information content (AvgIpc) is 3.09. The van der Waals surface area contributed by atoms with Gasteiger partial charge in [0.05, 0.1) is 23.8 Å². The molecule has 1 unspecified atom stereocenters. The number of benzene rings is 2. The number of cyclic esters (lactones) is 1. The summed E-state index contributed by atoms with van der Waals surface area (Å²) in [6.45, 7) is 1.91. The molecule has 0 saturated carbocycles. The van der Waals surface area contributed by atoms with E-state index >= 15 is 0 Å². The van der Waals surface area contributed by atoms with Crippen LogP contribution < -0.4 is 0 Å². The number of carbonyl (C=O) groups is 2. The number of hydrogen-bond donors (Lipinski definition) is 0. The normalized spacial score (nSPS) is 17.9. The Morgan fingerprint density at radius 3 is 2.64 bits per heavy atom. The lowest BCUT2D eigenvalue weighted by Crippen LogP contribution is -2.07. The first-order valence-corrected chi connectivity index (χ1v) is 8.96. The molecule has 1 aliphatic heterocycles. The van der Waals surface area contributed by atoms with Gasteiger partial charge in [-0.15, -0.1) is 0 Å². The molecule has 3 rings (SSSR count). The molecule has 5 heteroatoms. The van der Waals surface area contributed by atoms with Crippen LogP contribution in [0.3, 0.4) is 0 Å². The minimum Gasteiger partial charge on any atom is -0.462 e. The lowest BCUT2D eigenvalue weighted by Gasteiger charge is -2.07. The smallest absolute Gasteiger partial charge is 0.338 e. The van der Waals surface area contributed by atoms with Crippen molar-refractivity contribution in [2.45, 2.75) is 19.4 Å². The summed E-state index contributed by atoms with van der Waals surface area (Å²) in [5.74, 6) is -1.02. The van der Waals surface area contributed by atoms with Gasteiger partial charge < -0.3 is 9.47 Å². The first kappa shape index (κ1) is 19.1. The van der Waals surface area contributed by atoms with Crippen LogP contribution in [-0.2, 0) is 19.1 Å². The third-order valence-corrected chi connectivity index (χ3v) is 4.32. The number of esters is 2. The first-order chi connectivity index (χ1) is 13.6. The Hall–Kier alpha value is -3.65. The number of hydrogen-bond acceptors (Lipinski definition) is 5. The van der Waals surface area contributed by atoms with E-state index in [1.807, 2.05) is 30.3 Å². The van der Waals surface area contributed by atoms with E-state index in [1.54, 1.807) is 37.3 Å². The Morgan fingerprint density at radius 1 is 1.21 bits per heavy atom. The molecular formula is C23H19NO4. The molecule has 0 bridgehead atoms. The van der Waals surface area contributed by atoms with Gasteiger partial charge in [-0.05, 0) is 36.3 Å². The maximum atomic E-state index is 12.4. The number of rotatable bonds is 5. The van der Waals surface area contributed by atoms with Crippen LogP contribution >= 0.6 is 0 Å². The molecule has 1 saturated heterocycles. The van der Waals surface area contributed by atoms with Crippen molar-refractivity contribution in [3.05, 3.63) is 88.5 Å². The molecule has 2 aromatic rings. The van der Waals surface area contributed by atoms with Crippen molar-refractivity contribution < 1.29 is 19.1 Å². The molecule has 0 radical (unpaired) electrons. The molecule has 28 heavy (non-hydrogen) atoms. The molecule has 5 nitrogen and oxygen atoms in total. The van der Waals surface area contributed by atoms with Crippen molar-refractivity contribution in [3.63, 3.8) is 0 Å². The van der Waals surface area contributed by atoms with E-state index in [9.17, 15) is 14.9 Å². The van der Waals surface area contributed by atoms with Crippen molar-refractivity contribution in [2.75, 3.05) is 6.61 Å². The zero-order chi connectivity index (χ0) is 19.9. The van der Waals surface area contributed by atoms with Gasteiger partial charge in [0.1, 0.15) is 6.10 Å². The topological polar surface area (TPSA) is 76.4 Å². The monoisotopic (exact) mass is 373 g/mol. The second-order valence-corrected chi connectivity index (χ2v) is 6.20. The molecule has 140 valence electrons. The van der Waals surface area contributed by atoms with Gasteiger partial charge in [0.25, 0.3) is 0 Å². The Balaban J connectivity index is 1.95. The van der Waals surface area contributed by atoms with Crippen molar-refractivity contribution in [2.24, 2.45) is 0 Å². The Kier molecular flexibility index (Phi) is 6.03. The quantitative estimate of drug-likeness (QED) is 0.582. The van der Waals surface area contributed by atoms with E-state index in [-0.39, 0.29) is 18.3 Å². The largest absolute Gasteiger partial charge is 0.462 e. The first-order valence-electron chi connectivity index (χ1n) is 8.96. The summed E-state index contributed by atoms with van der Waals surface area (Å²) in [5.41, 5.74) is 2.50. The van der Waals surface area contributed by atoms with E-state index in [0.29, 0.717) is 23.1 Å². The van der Waals surface area contributed by atoms with Crippen molar-refractivity contribution in [1.82, 2.24) is 0 Å². The summed E-state index contributed by atoms with van der Waals surface area (Å²) < 4.78 is 10.6. The second-order valence-electron chi connectivity index (χ2n) is 6.20. The molecule has 0 aromatic heterocycles. The average molecular weight is 373 g/mol. The third kappa shape index (κ3) is 4.36. The molecule has 1 fully saturated rings.